The third-order valence-electron chi connectivity index (χ3n) is 5.43. The Hall–Kier alpha value is -2.28. The summed E-state index contributed by atoms with van der Waals surface area (Å²) < 4.78 is 7.73. The van der Waals surface area contributed by atoms with E-state index in [1.54, 1.807) is 23.4 Å². The van der Waals surface area contributed by atoms with Crippen LogP contribution < -0.4 is 0 Å². The van der Waals surface area contributed by atoms with Crippen LogP contribution in [-0.4, -0.2) is 56.4 Å². The van der Waals surface area contributed by atoms with Gasteiger partial charge in [0.15, 0.2) is 0 Å². The van der Waals surface area contributed by atoms with Crippen LogP contribution in [0.1, 0.15) is 35.2 Å². The molecule has 2 aliphatic heterocycles. The van der Waals surface area contributed by atoms with Crippen molar-refractivity contribution >= 4 is 5.91 Å². The largest absolute Gasteiger partial charge is 0.377 e. The summed E-state index contributed by atoms with van der Waals surface area (Å²) in [4.78, 5) is 22.6. The number of likely N-dealkylation sites (tertiary alicyclic amines) is 1. The van der Waals surface area contributed by atoms with Gasteiger partial charge in [-0.05, 0) is 30.2 Å². The number of hydrogen-bond acceptors (Lipinski definition) is 5. The summed E-state index contributed by atoms with van der Waals surface area (Å²) in [5, 5.41) is 4.09. The fraction of sp³-hybridized carbons (Fsp3) is 0.556. The van der Waals surface area contributed by atoms with E-state index in [1.165, 1.54) is 0 Å². The minimum atomic E-state index is 0.0832. The number of amides is 1. The third kappa shape index (κ3) is 3.42. The summed E-state index contributed by atoms with van der Waals surface area (Å²) in [5.41, 5.74) is 2.00. The lowest BCUT2D eigenvalue weighted by Crippen LogP contribution is -2.43. The van der Waals surface area contributed by atoms with Crippen molar-refractivity contribution in [3.05, 3.63) is 42.2 Å². The van der Waals surface area contributed by atoms with Crippen LogP contribution >= 0.6 is 0 Å². The lowest BCUT2D eigenvalue weighted by Gasteiger charge is -2.38. The molecule has 2 aliphatic rings. The predicted molar refractivity (Wildman–Crippen MR) is 90.9 cm³/mol. The molecule has 1 atom stereocenters. The molecule has 0 bridgehead atoms. The average Bonchev–Trinajstić information content (AvgIpc) is 3.23. The van der Waals surface area contributed by atoms with Gasteiger partial charge in [0.1, 0.15) is 6.33 Å². The second-order valence-electron chi connectivity index (χ2n) is 7.28. The smallest absolute Gasteiger partial charge is 0.257 e. The Bertz CT molecular complexity index is 737. The van der Waals surface area contributed by atoms with Crippen molar-refractivity contribution in [1.82, 2.24) is 24.6 Å². The molecule has 2 aromatic heterocycles. The van der Waals surface area contributed by atoms with Crippen LogP contribution in [0.2, 0.25) is 0 Å². The van der Waals surface area contributed by atoms with Gasteiger partial charge in [-0.1, -0.05) is 0 Å². The van der Waals surface area contributed by atoms with Gasteiger partial charge in [-0.15, -0.1) is 0 Å². The Morgan fingerprint density at radius 2 is 2.04 bits per heavy atom. The lowest BCUT2D eigenvalue weighted by atomic mass is 9.76. The molecule has 2 aromatic rings. The molecule has 0 saturated carbocycles. The first-order valence-electron chi connectivity index (χ1n) is 8.77. The molecule has 0 aliphatic carbocycles. The Balaban J connectivity index is 1.33. The minimum Gasteiger partial charge on any atom is -0.377 e. The maximum Gasteiger partial charge on any atom is 0.257 e. The van der Waals surface area contributed by atoms with E-state index in [4.69, 9.17) is 4.74 Å². The van der Waals surface area contributed by atoms with E-state index >= 15 is 0 Å². The van der Waals surface area contributed by atoms with Crippen LogP contribution in [0, 0.1) is 5.41 Å². The molecule has 4 heterocycles. The van der Waals surface area contributed by atoms with Crippen molar-refractivity contribution in [2.24, 2.45) is 12.5 Å². The van der Waals surface area contributed by atoms with E-state index in [0.29, 0.717) is 5.56 Å². The number of aromatic nitrogens is 4. The SMILES string of the molecule is Cn1cc(C(=O)N2CCC3(CC2)COC(Cc2cncnc2)C3)cn1. The van der Waals surface area contributed by atoms with Crippen molar-refractivity contribution in [2.45, 2.75) is 31.8 Å². The maximum absolute atomic E-state index is 12.5. The van der Waals surface area contributed by atoms with E-state index in [1.807, 2.05) is 24.3 Å². The molecule has 132 valence electrons. The van der Waals surface area contributed by atoms with Gasteiger partial charge >= 0.3 is 0 Å². The molecule has 4 rings (SSSR count). The van der Waals surface area contributed by atoms with Crippen molar-refractivity contribution in [2.75, 3.05) is 19.7 Å². The first-order chi connectivity index (χ1) is 12.1. The molecular weight excluding hydrogens is 318 g/mol. The van der Waals surface area contributed by atoms with Gasteiger partial charge < -0.3 is 9.64 Å². The molecule has 2 saturated heterocycles. The Morgan fingerprint density at radius 3 is 2.72 bits per heavy atom. The van der Waals surface area contributed by atoms with Gasteiger partial charge in [0.05, 0.1) is 24.5 Å². The maximum atomic E-state index is 12.5. The van der Waals surface area contributed by atoms with E-state index in [-0.39, 0.29) is 17.4 Å². The first-order valence-corrected chi connectivity index (χ1v) is 8.77. The lowest BCUT2D eigenvalue weighted by molar-refractivity contribution is 0.0496. The molecule has 2 fully saturated rings. The van der Waals surface area contributed by atoms with Gasteiger partial charge in [0, 0.05) is 45.1 Å². The van der Waals surface area contributed by atoms with Gasteiger partial charge in [-0.25, -0.2) is 9.97 Å². The Morgan fingerprint density at radius 1 is 1.28 bits per heavy atom. The number of aryl methyl sites for hydroxylation is 1. The second-order valence-corrected chi connectivity index (χ2v) is 7.28. The van der Waals surface area contributed by atoms with Gasteiger partial charge in [-0.3, -0.25) is 9.48 Å². The molecule has 1 spiro atoms. The van der Waals surface area contributed by atoms with Gasteiger partial charge in [0.2, 0.25) is 0 Å². The highest BCUT2D eigenvalue weighted by Crippen LogP contribution is 2.42. The number of ether oxygens (including phenoxy) is 1. The van der Waals surface area contributed by atoms with E-state index < -0.39 is 0 Å². The fourth-order valence-corrected chi connectivity index (χ4v) is 3.97. The van der Waals surface area contributed by atoms with Crippen molar-refractivity contribution < 1.29 is 9.53 Å². The van der Waals surface area contributed by atoms with Crippen LogP contribution in [0.3, 0.4) is 0 Å². The first kappa shape index (κ1) is 16.2. The van der Waals surface area contributed by atoms with Crippen molar-refractivity contribution in [3.8, 4) is 0 Å². The average molecular weight is 341 g/mol. The van der Waals surface area contributed by atoms with Crippen LogP contribution in [-0.2, 0) is 18.2 Å². The highest BCUT2D eigenvalue weighted by molar-refractivity contribution is 5.93. The molecule has 0 N–H and O–H groups in total. The zero-order valence-corrected chi connectivity index (χ0v) is 14.5. The highest BCUT2D eigenvalue weighted by Gasteiger charge is 2.43. The molecule has 7 heteroatoms. The molecule has 1 unspecified atom stereocenters. The normalized spacial score (nSPS) is 22.4. The number of carbonyl (C=O) groups excluding carboxylic acids is 1. The summed E-state index contributed by atoms with van der Waals surface area (Å²) >= 11 is 0. The summed E-state index contributed by atoms with van der Waals surface area (Å²) in [5.74, 6) is 0.0832. The zero-order valence-electron chi connectivity index (χ0n) is 14.5. The van der Waals surface area contributed by atoms with E-state index in [0.717, 1.165) is 50.9 Å². The zero-order chi connectivity index (χ0) is 17.3. The topological polar surface area (TPSA) is 73.1 Å². The Labute approximate surface area is 147 Å². The molecule has 0 radical (unpaired) electrons. The monoisotopic (exact) mass is 341 g/mol. The standard InChI is InChI=1S/C18H23N5O2/c1-22-11-15(10-21-22)17(24)23-4-2-18(3-5-23)7-16(25-12-18)6-14-8-19-13-20-9-14/h8-11,13,16H,2-7,12H2,1H3. The van der Waals surface area contributed by atoms with Crippen LogP contribution in [0.5, 0.6) is 0 Å². The summed E-state index contributed by atoms with van der Waals surface area (Å²) in [6.45, 7) is 2.37. The van der Waals surface area contributed by atoms with E-state index in [9.17, 15) is 4.79 Å². The summed E-state index contributed by atoms with van der Waals surface area (Å²) in [6, 6.07) is 0. The number of carbonyl (C=O) groups is 1. The molecule has 25 heavy (non-hydrogen) atoms. The molecule has 0 aromatic carbocycles. The second kappa shape index (κ2) is 6.55. The van der Waals surface area contributed by atoms with Gasteiger partial charge in [-0.2, -0.15) is 5.10 Å². The quantitative estimate of drug-likeness (QED) is 0.845. The molecular formula is C18H23N5O2. The summed E-state index contributed by atoms with van der Waals surface area (Å²) in [7, 11) is 1.83. The van der Waals surface area contributed by atoms with Crippen LogP contribution in [0.25, 0.3) is 0 Å². The van der Waals surface area contributed by atoms with E-state index in [2.05, 4.69) is 15.1 Å². The molecule has 7 nitrogen and oxygen atoms in total. The number of nitrogens with zero attached hydrogens (tertiary/aromatic N) is 5. The number of hydrogen-bond donors (Lipinski definition) is 0. The Kier molecular flexibility index (Phi) is 4.25. The predicted octanol–water partition coefficient (Wildman–Crippen LogP) is 1.46. The third-order valence-corrected chi connectivity index (χ3v) is 5.43. The fourth-order valence-electron chi connectivity index (χ4n) is 3.97. The highest BCUT2D eigenvalue weighted by atomic mass is 16.5. The minimum absolute atomic E-state index is 0.0832. The van der Waals surface area contributed by atoms with Gasteiger partial charge in [0.25, 0.3) is 5.91 Å². The van der Waals surface area contributed by atoms with Crippen molar-refractivity contribution in [1.29, 1.82) is 0 Å². The van der Waals surface area contributed by atoms with Crippen molar-refractivity contribution in [3.63, 3.8) is 0 Å². The van der Waals surface area contributed by atoms with Crippen LogP contribution in [0.15, 0.2) is 31.1 Å². The molecule has 1 amide bonds. The van der Waals surface area contributed by atoms with Crippen LogP contribution in [0.4, 0.5) is 0 Å². The summed E-state index contributed by atoms with van der Waals surface area (Å²) in [6.07, 6.45) is 12.8. The number of rotatable bonds is 3. The number of piperidine rings is 1.